The fourth-order valence-corrected chi connectivity index (χ4v) is 2.68. The molecule has 2 unspecified atom stereocenters. The van der Waals surface area contributed by atoms with Crippen LogP contribution in [0.4, 0.5) is 0 Å². The number of aliphatic imine (C=N–C) groups is 1. The average molecular weight is 397 g/mol. The molecule has 2 rings (SSSR count). The van der Waals surface area contributed by atoms with Gasteiger partial charge in [0, 0.05) is 26.7 Å². The van der Waals surface area contributed by atoms with Gasteiger partial charge in [0.15, 0.2) is 5.96 Å². The molecule has 2 aliphatic rings. The van der Waals surface area contributed by atoms with E-state index >= 15 is 0 Å². The molecule has 0 aromatic carbocycles. The Labute approximate surface area is 139 Å². The van der Waals surface area contributed by atoms with Crippen LogP contribution in [-0.4, -0.2) is 63.5 Å². The quantitative estimate of drug-likeness (QED) is 0.448. The molecule has 0 aromatic heterocycles. The first kappa shape index (κ1) is 18.0. The predicted octanol–water partition coefficient (Wildman–Crippen LogP) is 1.72. The Hall–Kier alpha value is -0.0800. The summed E-state index contributed by atoms with van der Waals surface area (Å²) in [6, 6.07) is 0. The van der Waals surface area contributed by atoms with Gasteiger partial charge in [0.2, 0.25) is 0 Å². The second-order valence-electron chi connectivity index (χ2n) is 5.83. The van der Waals surface area contributed by atoms with Crippen molar-refractivity contribution in [3.63, 3.8) is 0 Å². The number of guanidine groups is 1. The van der Waals surface area contributed by atoms with Crippen molar-refractivity contribution in [1.82, 2.24) is 10.2 Å². The van der Waals surface area contributed by atoms with Gasteiger partial charge in [0.05, 0.1) is 25.9 Å². The number of halogens is 1. The lowest BCUT2D eigenvalue weighted by molar-refractivity contribution is -0.0851. The van der Waals surface area contributed by atoms with E-state index in [-0.39, 0.29) is 30.1 Å². The smallest absolute Gasteiger partial charge is 0.193 e. The van der Waals surface area contributed by atoms with Crippen molar-refractivity contribution in [3.8, 4) is 0 Å². The summed E-state index contributed by atoms with van der Waals surface area (Å²) in [5.74, 6) is 0.992. The van der Waals surface area contributed by atoms with E-state index in [1.54, 1.807) is 0 Å². The summed E-state index contributed by atoms with van der Waals surface area (Å²) in [4.78, 5) is 6.74. The van der Waals surface area contributed by atoms with Gasteiger partial charge in [0.1, 0.15) is 0 Å². The van der Waals surface area contributed by atoms with Crippen LogP contribution in [0, 0.1) is 5.41 Å². The van der Waals surface area contributed by atoms with Crippen molar-refractivity contribution < 1.29 is 9.47 Å². The molecule has 2 atom stereocenters. The maximum Gasteiger partial charge on any atom is 0.193 e. The second-order valence-corrected chi connectivity index (χ2v) is 5.83. The Morgan fingerprint density at radius 1 is 1.45 bits per heavy atom. The molecule has 118 valence electrons. The number of ether oxygens (including phenoxy) is 2. The van der Waals surface area contributed by atoms with Crippen LogP contribution in [0.2, 0.25) is 0 Å². The maximum atomic E-state index is 5.64. The van der Waals surface area contributed by atoms with Crippen LogP contribution in [0.15, 0.2) is 4.99 Å². The van der Waals surface area contributed by atoms with Crippen molar-refractivity contribution in [2.45, 2.75) is 32.8 Å². The van der Waals surface area contributed by atoms with Gasteiger partial charge in [-0.3, -0.25) is 4.99 Å². The molecule has 2 fully saturated rings. The number of nitrogens with zero attached hydrogens (tertiary/aromatic N) is 2. The summed E-state index contributed by atoms with van der Waals surface area (Å²) >= 11 is 0. The van der Waals surface area contributed by atoms with E-state index in [1.807, 2.05) is 7.05 Å². The molecule has 0 aliphatic carbocycles. The molecule has 0 saturated carbocycles. The van der Waals surface area contributed by atoms with Crippen LogP contribution in [-0.2, 0) is 9.47 Å². The van der Waals surface area contributed by atoms with Gasteiger partial charge in [-0.25, -0.2) is 0 Å². The Bertz CT molecular complexity index is 322. The van der Waals surface area contributed by atoms with Crippen molar-refractivity contribution in [2.24, 2.45) is 10.4 Å². The first-order valence-electron chi connectivity index (χ1n) is 7.32. The largest absolute Gasteiger partial charge is 0.376 e. The van der Waals surface area contributed by atoms with E-state index in [1.165, 1.54) is 12.8 Å². The third-order valence-electron chi connectivity index (χ3n) is 4.30. The third kappa shape index (κ3) is 4.73. The molecule has 20 heavy (non-hydrogen) atoms. The van der Waals surface area contributed by atoms with Crippen LogP contribution in [0.25, 0.3) is 0 Å². The van der Waals surface area contributed by atoms with Crippen molar-refractivity contribution in [3.05, 3.63) is 0 Å². The Morgan fingerprint density at radius 3 is 2.80 bits per heavy atom. The maximum absolute atomic E-state index is 5.64. The van der Waals surface area contributed by atoms with E-state index in [4.69, 9.17) is 9.47 Å². The highest BCUT2D eigenvalue weighted by Crippen LogP contribution is 2.32. The number of rotatable bonds is 3. The zero-order valence-corrected chi connectivity index (χ0v) is 15.2. The molecule has 2 heterocycles. The van der Waals surface area contributed by atoms with Crippen molar-refractivity contribution in [1.29, 1.82) is 0 Å². The summed E-state index contributed by atoms with van der Waals surface area (Å²) in [5.41, 5.74) is 0.433. The van der Waals surface area contributed by atoms with E-state index in [0.717, 1.165) is 25.6 Å². The molecule has 0 bridgehead atoms. The lowest BCUT2D eigenvalue weighted by Crippen LogP contribution is -2.46. The highest BCUT2D eigenvalue weighted by molar-refractivity contribution is 14.0. The normalized spacial score (nSPS) is 31.1. The Morgan fingerprint density at radius 2 is 2.25 bits per heavy atom. The molecule has 5 nitrogen and oxygen atoms in total. The summed E-state index contributed by atoms with van der Waals surface area (Å²) in [7, 11) is 1.85. The van der Waals surface area contributed by atoms with E-state index in [0.29, 0.717) is 25.2 Å². The standard InChI is InChI=1S/C14H27N3O2.HI/c1-4-14(2)5-6-17(11-14)13(15-3)16-9-12-10-18-7-8-19-12;/h12H,4-11H2,1-3H3,(H,15,16);1H. The second kappa shape index (κ2) is 8.38. The third-order valence-corrected chi connectivity index (χ3v) is 4.30. The molecular formula is C14H28IN3O2. The lowest BCUT2D eigenvalue weighted by atomic mass is 9.87. The molecular weight excluding hydrogens is 369 g/mol. The minimum Gasteiger partial charge on any atom is -0.376 e. The SMILES string of the molecule is CCC1(C)CCN(C(=NC)NCC2COCCO2)C1.I. The Balaban J connectivity index is 0.00000200. The van der Waals surface area contributed by atoms with Crippen LogP contribution in [0.1, 0.15) is 26.7 Å². The minimum absolute atomic E-state index is 0. The van der Waals surface area contributed by atoms with E-state index < -0.39 is 0 Å². The first-order valence-corrected chi connectivity index (χ1v) is 7.32. The summed E-state index contributed by atoms with van der Waals surface area (Å²) in [5, 5.41) is 3.41. The van der Waals surface area contributed by atoms with Crippen LogP contribution in [0.3, 0.4) is 0 Å². The van der Waals surface area contributed by atoms with Crippen molar-refractivity contribution >= 4 is 29.9 Å². The van der Waals surface area contributed by atoms with Gasteiger partial charge in [-0.05, 0) is 18.3 Å². The van der Waals surface area contributed by atoms with Crippen LogP contribution >= 0.6 is 24.0 Å². The average Bonchev–Trinajstić information content (AvgIpc) is 2.84. The molecule has 0 spiro atoms. The first-order chi connectivity index (χ1) is 9.17. The molecule has 0 amide bonds. The molecule has 2 aliphatic heterocycles. The minimum atomic E-state index is 0. The summed E-state index contributed by atoms with van der Waals surface area (Å²) in [6.45, 7) is 9.67. The monoisotopic (exact) mass is 397 g/mol. The van der Waals surface area contributed by atoms with Gasteiger partial charge >= 0.3 is 0 Å². The molecule has 0 aromatic rings. The number of likely N-dealkylation sites (tertiary alicyclic amines) is 1. The van der Waals surface area contributed by atoms with Crippen LogP contribution < -0.4 is 5.32 Å². The number of hydrogen-bond acceptors (Lipinski definition) is 3. The van der Waals surface area contributed by atoms with Gasteiger partial charge in [-0.2, -0.15) is 0 Å². The predicted molar refractivity (Wildman–Crippen MR) is 91.9 cm³/mol. The molecule has 1 N–H and O–H groups in total. The van der Waals surface area contributed by atoms with E-state index in [2.05, 4.69) is 29.1 Å². The topological polar surface area (TPSA) is 46.1 Å². The summed E-state index contributed by atoms with van der Waals surface area (Å²) < 4.78 is 11.0. The van der Waals surface area contributed by atoms with E-state index in [9.17, 15) is 0 Å². The zero-order valence-electron chi connectivity index (χ0n) is 12.9. The van der Waals surface area contributed by atoms with Crippen molar-refractivity contribution in [2.75, 3.05) is 46.5 Å². The molecule has 0 radical (unpaired) electrons. The fraction of sp³-hybridized carbons (Fsp3) is 0.929. The van der Waals surface area contributed by atoms with Gasteiger partial charge in [0.25, 0.3) is 0 Å². The zero-order chi connectivity index (χ0) is 13.7. The van der Waals surface area contributed by atoms with Crippen LogP contribution in [0.5, 0.6) is 0 Å². The molecule has 2 saturated heterocycles. The Kier molecular flexibility index (Phi) is 7.53. The van der Waals surface area contributed by atoms with Gasteiger partial charge < -0.3 is 19.7 Å². The lowest BCUT2D eigenvalue weighted by Gasteiger charge is -2.28. The summed E-state index contributed by atoms with van der Waals surface area (Å²) in [6.07, 6.45) is 2.61. The highest BCUT2D eigenvalue weighted by Gasteiger charge is 2.33. The van der Waals surface area contributed by atoms with Gasteiger partial charge in [-0.15, -0.1) is 24.0 Å². The number of nitrogens with one attached hydrogen (secondary N) is 1. The molecule has 6 heteroatoms. The number of hydrogen-bond donors (Lipinski definition) is 1. The fourth-order valence-electron chi connectivity index (χ4n) is 2.68. The highest BCUT2D eigenvalue weighted by atomic mass is 127. The van der Waals surface area contributed by atoms with Gasteiger partial charge in [-0.1, -0.05) is 13.8 Å².